The maximum atomic E-state index is 2.39. The zero-order valence-electron chi connectivity index (χ0n) is 14.1. The average molecular weight is 319 g/mol. The summed E-state index contributed by atoms with van der Waals surface area (Å²) in [7, 11) is 2.21. The SMILES string of the molecule is Cn1c2ccccc2c2c3ccccc3c3c(c21)Cc1ccccc1-3. The standard InChI is InChI=1S/C24H17N/c1-25-21-13-7-6-12-19(21)23-18-11-5-4-10-17(18)22-16-9-3-2-8-15(16)14-20(22)24(23)25/h2-13H,14H2,1H3. The van der Waals surface area contributed by atoms with Crippen LogP contribution in [0.2, 0.25) is 0 Å². The van der Waals surface area contributed by atoms with Gasteiger partial charge in [0.2, 0.25) is 0 Å². The summed E-state index contributed by atoms with van der Waals surface area (Å²) in [6, 6.07) is 26.6. The molecule has 0 amide bonds. The number of aryl methyl sites for hydroxylation is 1. The van der Waals surface area contributed by atoms with E-state index < -0.39 is 0 Å². The zero-order chi connectivity index (χ0) is 16.5. The molecule has 1 heteroatoms. The molecular weight excluding hydrogens is 302 g/mol. The molecule has 0 unspecified atom stereocenters. The van der Waals surface area contributed by atoms with Crippen LogP contribution in [0.15, 0.2) is 72.8 Å². The normalized spacial score (nSPS) is 12.8. The summed E-state index contributed by atoms with van der Waals surface area (Å²) in [5.41, 5.74) is 8.47. The van der Waals surface area contributed by atoms with E-state index in [4.69, 9.17) is 0 Å². The third-order valence-corrected chi connectivity index (χ3v) is 5.81. The van der Waals surface area contributed by atoms with Gasteiger partial charge < -0.3 is 4.57 Å². The lowest BCUT2D eigenvalue weighted by atomic mass is 9.94. The van der Waals surface area contributed by atoms with Crippen molar-refractivity contribution in [1.29, 1.82) is 0 Å². The summed E-state index contributed by atoms with van der Waals surface area (Å²) in [4.78, 5) is 0. The molecule has 1 aliphatic rings. The van der Waals surface area contributed by atoms with Crippen molar-refractivity contribution in [3.63, 3.8) is 0 Å². The highest BCUT2D eigenvalue weighted by atomic mass is 14.9. The van der Waals surface area contributed by atoms with Gasteiger partial charge in [-0.2, -0.15) is 0 Å². The van der Waals surface area contributed by atoms with Crippen molar-refractivity contribution in [1.82, 2.24) is 4.57 Å². The van der Waals surface area contributed by atoms with Gasteiger partial charge >= 0.3 is 0 Å². The summed E-state index contributed by atoms with van der Waals surface area (Å²) in [6.45, 7) is 0. The first-order valence-electron chi connectivity index (χ1n) is 8.83. The van der Waals surface area contributed by atoms with E-state index in [1.165, 1.54) is 54.8 Å². The van der Waals surface area contributed by atoms with Crippen LogP contribution in [0.3, 0.4) is 0 Å². The number of rotatable bonds is 0. The monoisotopic (exact) mass is 319 g/mol. The van der Waals surface area contributed by atoms with Crippen molar-refractivity contribution in [3.8, 4) is 11.1 Å². The number of fused-ring (bicyclic) bond motifs is 10. The fourth-order valence-electron chi connectivity index (χ4n) is 4.81. The Morgan fingerprint density at radius 1 is 0.720 bits per heavy atom. The lowest BCUT2D eigenvalue weighted by Gasteiger charge is -2.11. The summed E-state index contributed by atoms with van der Waals surface area (Å²) in [5, 5.41) is 5.51. The average Bonchev–Trinajstić information content (AvgIpc) is 3.19. The maximum Gasteiger partial charge on any atom is 0.0537 e. The molecule has 0 spiro atoms. The summed E-state index contributed by atoms with van der Waals surface area (Å²) < 4.78 is 2.39. The largest absolute Gasteiger partial charge is 0.343 e. The molecule has 0 bridgehead atoms. The molecule has 1 aliphatic carbocycles. The predicted octanol–water partition coefficient (Wildman–Crippen LogP) is 6.06. The van der Waals surface area contributed by atoms with E-state index in [0.29, 0.717) is 0 Å². The van der Waals surface area contributed by atoms with Crippen molar-refractivity contribution in [2.24, 2.45) is 7.05 Å². The fourth-order valence-corrected chi connectivity index (χ4v) is 4.81. The zero-order valence-corrected chi connectivity index (χ0v) is 14.1. The minimum Gasteiger partial charge on any atom is -0.343 e. The third kappa shape index (κ3) is 1.54. The minimum atomic E-state index is 1.02. The maximum absolute atomic E-state index is 2.39. The van der Waals surface area contributed by atoms with Gasteiger partial charge in [0.1, 0.15) is 0 Å². The molecule has 118 valence electrons. The van der Waals surface area contributed by atoms with E-state index in [-0.39, 0.29) is 0 Å². The van der Waals surface area contributed by atoms with Gasteiger partial charge in [0.05, 0.1) is 5.52 Å². The Morgan fingerprint density at radius 2 is 1.40 bits per heavy atom. The van der Waals surface area contributed by atoms with Gasteiger partial charge in [0, 0.05) is 29.8 Å². The quantitative estimate of drug-likeness (QED) is 0.321. The molecule has 6 rings (SSSR count). The Hall–Kier alpha value is -3.06. The Kier molecular flexibility index (Phi) is 2.39. The van der Waals surface area contributed by atoms with Crippen LogP contribution in [-0.2, 0) is 13.5 Å². The Bertz CT molecular complexity index is 1320. The summed E-state index contributed by atoms with van der Waals surface area (Å²) in [5.74, 6) is 0. The molecule has 5 aromatic rings. The molecule has 0 fully saturated rings. The van der Waals surface area contributed by atoms with Crippen LogP contribution >= 0.6 is 0 Å². The molecule has 1 heterocycles. The van der Waals surface area contributed by atoms with E-state index in [0.717, 1.165) is 6.42 Å². The van der Waals surface area contributed by atoms with Crippen molar-refractivity contribution < 1.29 is 0 Å². The van der Waals surface area contributed by atoms with E-state index in [2.05, 4.69) is 84.4 Å². The first kappa shape index (κ1) is 13.3. The summed E-state index contributed by atoms with van der Waals surface area (Å²) >= 11 is 0. The second-order valence-electron chi connectivity index (χ2n) is 7.03. The van der Waals surface area contributed by atoms with Crippen LogP contribution in [0.25, 0.3) is 43.7 Å². The number of hydrogen-bond acceptors (Lipinski definition) is 0. The second kappa shape index (κ2) is 4.52. The Labute approximate surface area is 146 Å². The number of nitrogens with zero attached hydrogens (tertiary/aromatic N) is 1. The van der Waals surface area contributed by atoms with E-state index in [1.54, 1.807) is 0 Å². The third-order valence-electron chi connectivity index (χ3n) is 5.81. The van der Waals surface area contributed by atoms with Crippen molar-refractivity contribution in [2.45, 2.75) is 6.42 Å². The van der Waals surface area contributed by atoms with Crippen LogP contribution in [0.4, 0.5) is 0 Å². The molecule has 1 nitrogen and oxygen atoms in total. The first-order chi connectivity index (χ1) is 12.3. The highest BCUT2D eigenvalue weighted by molar-refractivity contribution is 6.25. The molecule has 0 saturated heterocycles. The minimum absolute atomic E-state index is 1.02. The highest BCUT2D eigenvalue weighted by Crippen LogP contribution is 2.47. The van der Waals surface area contributed by atoms with Crippen molar-refractivity contribution >= 4 is 32.6 Å². The van der Waals surface area contributed by atoms with Gasteiger partial charge in [-0.3, -0.25) is 0 Å². The number of benzene rings is 4. The second-order valence-corrected chi connectivity index (χ2v) is 7.03. The number of aromatic nitrogens is 1. The fraction of sp³-hybridized carbons (Fsp3) is 0.0833. The highest BCUT2D eigenvalue weighted by Gasteiger charge is 2.26. The van der Waals surface area contributed by atoms with Gasteiger partial charge in [0.25, 0.3) is 0 Å². The molecule has 0 saturated carbocycles. The van der Waals surface area contributed by atoms with Crippen LogP contribution in [0, 0.1) is 0 Å². The molecule has 0 N–H and O–H groups in total. The number of hydrogen-bond donors (Lipinski definition) is 0. The van der Waals surface area contributed by atoms with Crippen molar-refractivity contribution in [3.05, 3.63) is 83.9 Å². The molecule has 1 aromatic heterocycles. The topological polar surface area (TPSA) is 4.93 Å². The summed E-state index contributed by atoms with van der Waals surface area (Å²) in [6.07, 6.45) is 1.02. The molecule has 0 aliphatic heterocycles. The van der Waals surface area contributed by atoms with Gasteiger partial charge in [-0.15, -0.1) is 0 Å². The van der Waals surface area contributed by atoms with Crippen LogP contribution in [-0.4, -0.2) is 4.57 Å². The van der Waals surface area contributed by atoms with Gasteiger partial charge in [-0.05, 0) is 39.1 Å². The Balaban J connectivity index is 1.97. The first-order valence-corrected chi connectivity index (χ1v) is 8.83. The smallest absolute Gasteiger partial charge is 0.0537 e. The van der Waals surface area contributed by atoms with Crippen LogP contribution in [0.5, 0.6) is 0 Å². The lowest BCUT2D eigenvalue weighted by molar-refractivity contribution is 1.00. The van der Waals surface area contributed by atoms with Gasteiger partial charge in [0.15, 0.2) is 0 Å². The van der Waals surface area contributed by atoms with Crippen LogP contribution in [0.1, 0.15) is 11.1 Å². The predicted molar refractivity (Wildman–Crippen MR) is 106 cm³/mol. The molecule has 0 atom stereocenters. The van der Waals surface area contributed by atoms with Crippen molar-refractivity contribution in [2.75, 3.05) is 0 Å². The molecule has 25 heavy (non-hydrogen) atoms. The van der Waals surface area contributed by atoms with E-state index >= 15 is 0 Å². The molecule has 0 radical (unpaired) electrons. The van der Waals surface area contributed by atoms with E-state index in [9.17, 15) is 0 Å². The van der Waals surface area contributed by atoms with E-state index in [1.807, 2.05) is 0 Å². The lowest BCUT2D eigenvalue weighted by Crippen LogP contribution is -1.93. The van der Waals surface area contributed by atoms with Crippen LogP contribution < -0.4 is 0 Å². The molecular formula is C24H17N. The number of para-hydroxylation sites is 1. The Morgan fingerprint density at radius 3 is 2.28 bits per heavy atom. The molecule has 4 aromatic carbocycles. The van der Waals surface area contributed by atoms with Gasteiger partial charge in [-0.25, -0.2) is 0 Å². The van der Waals surface area contributed by atoms with Gasteiger partial charge in [-0.1, -0.05) is 66.7 Å².